The summed E-state index contributed by atoms with van der Waals surface area (Å²) in [5.74, 6) is 0.901. The van der Waals surface area contributed by atoms with Crippen molar-refractivity contribution in [3.63, 3.8) is 0 Å². The highest BCUT2D eigenvalue weighted by Gasteiger charge is 2.40. The monoisotopic (exact) mass is 273 g/mol. The highest BCUT2D eigenvalue weighted by atomic mass is 32.1. The number of benzene rings is 1. The Kier molecular flexibility index (Phi) is 2.33. The van der Waals surface area contributed by atoms with Crippen molar-refractivity contribution < 1.29 is 4.79 Å². The molecule has 98 valence electrons. The molecule has 2 bridgehead atoms. The van der Waals surface area contributed by atoms with Gasteiger partial charge >= 0.3 is 0 Å². The van der Waals surface area contributed by atoms with E-state index in [1.165, 1.54) is 30.6 Å². The first kappa shape index (κ1) is 11.2. The van der Waals surface area contributed by atoms with Gasteiger partial charge in [-0.1, -0.05) is 11.3 Å². The van der Waals surface area contributed by atoms with E-state index >= 15 is 0 Å². The first-order chi connectivity index (χ1) is 9.20. The number of fused-ring (bicyclic) bond motifs is 3. The molecule has 2 aromatic rings. The third-order valence-electron chi connectivity index (χ3n) is 4.32. The fourth-order valence-corrected chi connectivity index (χ4v) is 4.19. The molecule has 2 aliphatic rings. The van der Waals surface area contributed by atoms with E-state index in [0.29, 0.717) is 11.2 Å². The van der Waals surface area contributed by atoms with Crippen LogP contribution in [0.1, 0.15) is 29.6 Å². The van der Waals surface area contributed by atoms with Crippen LogP contribution in [0.2, 0.25) is 0 Å². The zero-order chi connectivity index (χ0) is 13.0. The number of amides is 1. The number of nitrogens with two attached hydrogens (primary N) is 1. The molecule has 1 saturated carbocycles. The van der Waals surface area contributed by atoms with Crippen LogP contribution in [0.4, 0.5) is 5.13 Å². The number of piperidine rings is 1. The van der Waals surface area contributed by atoms with E-state index in [4.69, 9.17) is 5.73 Å². The Labute approximate surface area is 115 Å². The van der Waals surface area contributed by atoms with Crippen molar-refractivity contribution >= 4 is 32.6 Å². The maximum Gasteiger partial charge on any atom is 0.254 e. The van der Waals surface area contributed by atoms with Crippen molar-refractivity contribution in [3.05, 3.63) is 23.8 Å². The van der Waals surface area contributed by atoms with Gasteiger partial charge in [0.1, 0.15) is 0 Å². The molecule has 2 unspecified atom stereocenters. The topological polar surface area (TPSA) is 59.2 Å². The molecule has 2 heterocycles. The number of carbonyl (C=O) groups excluding carboxylic acids is 1. The second-order valence-corrected chi connectivity index (χ2v) is 6.59. The number of hydrogen-bond donors (Lipinski definition) is 1. The second kappa shape index (κ2) is 3.93. The van der Waals surface area contributed by atoms with Crippen LogP contribution in [0.5, 0.6) is 0 Å². The lowest BCUT2D eigenvalue weighted by Gasteiger charge is -2.27. The van der Waals surface area contributed by atoms with Gasteiger partial charge in [-0.3, -0.25) is 4.79 Å². The fourth-order valence-electron chi connectivity index (χ4n) is 3.41. The standard InChI is InChI=1S/C14H15N3OS/c15-14-16-11-4-2-9(6-12(11)19-14)13(18)17-7-8-1-3-10(17)5-8/h2,4,6,8,10H,1,3,5,7H2,(H2,15,16). The lowest BCUT2D eigenvalue weighted by atomic mass is 10.1. The van der Waals surface area contributed by atoms with Gasteiger partial charge in [-0.05, 0) is 43.4 Å². The average molecular weight is 273 g/mol. The van der Waals surface area contributed by atoms with Crippen LogP contribution in [0, 0.1) is 5.92 Å². The van der Waals surface area contributed by atoms with Gasteiger partial charge in [0.2, 0.25) is 0 Å². The molecule has 19 heavy (non-hydrogen) atoms. The zero-order valence-corrected chi connectivity index (χ0v) is 11.3. The summed E-state index contributed by atoms with van der Waals surface area (Å²) in [6.07, 6.45) is 3.66. The Hall–Kier alpha value is -1.62. The van der Waals surface area contributed by atoms with E-state index in [2.05, 4.69) is 9.88 Å². The van der Waals surface area contributed by atoms with Crippen molar-refractivity contribution in [2.45, 2.75) is 25.3 Å². The minimum Gasteiger partial charge on any atom is -0.375 e. The number of likely N-dealkylation sites (tertiary alicyclic amines) is 1. The molecule has 2 fully saturated rings. The van der Waals surface area contributed by atoms with Crippen molar-refractivity contribution in [2.24, 2.45) is 5.92 Å². The summed E-state index contributed by atoms with van der Waals surface area (Å²) < 4.78 is 0.993. The third-order valence-corrected chi connectivity index (χ3v) is 5.17. The van der Waals surface area contributed by atoms with Crippen LogP contribution in [0.15, 0.2) is 18.2 Å². The third kappa shape index (κ3) is 1.72. The molecule has 1 saturated heterocycles. The molecule has 2 N–H and O–H groups in total. The summed E-state index contributed by atoms with van der Waals surface area (Å²) in [6.45, 7) is 0.937. The molecule has 2 atom stereocenters. The number of rotatable bonds is 1. The number of hydrogen-bond acceptors (Lipinski definition) is 4. The number of thiazole rings is 1. The number of nitrogen functional groups attached to an aromatic ring is 1. The molecular formula is C14H15N3OS. The highest BCUT2D eigenvalue weighted by molar-refractivity contribution is 7.22. The number of carbonyl (C=O) groups is 1. The molecule has 5 heteroatoms. The quantitative estimate of drug-likeness (QED) is 0.868. The average Bonchev–Trinajstić information content (AvgIpc) is 3.09. The first-order valence-electron chi connectivity index (χ1n) is 6.68. The molecule has 1 aliphatic carbocycles. The summed E-state index contributed by atoms with van der Waals surface area (Å²) in [6, 6.07) is 6.16. The molecule has 1 amide bonds. The Morgan fingerprint density at radius 2 is 2.32 bits per heavy atom. The van der Waals surface area contributed by atoms with Crippen LogP contribution in [0.3, 0.4) is 0 Å². The first-order valence-corrected chi connectivity index (χ1v) is 7.49. The normalized spacial score (nSPS) is 25.4. The zero-order valence-electron chi connectivity index (χ0n) is 10.5. The van der Waals surface area contributed by atoms with Gasteiger partial charge in [-0.2, -0.15) is 0 Å². The molecule has 4 nitrogen and oxygen atoms in total. The maximum atomic E-state index is 12.6. The fraction of sp³-hybridized carbons (Fsp3) is 0.429. The predicted molar refractivity (Wildman–Crippen MR) is 76.2 cm³/mol. The van der Waals surface area contributed by atoms with Crippen molar-refractivity contribution in [3.8, 4) is 0 Å². The van der Waals surface area contributed by atoms with Gasteiger partial charge in [0.05, 0.1) is 10.2 Å². The van der Waals surface area contributed by atoms with E-state index in [1.807, 2.05) is 18.2 Å². The minimum atomic E-state index is 0.168. The van der Waals surface area contributed by atoms with E-state index in [1.54, 1.807) is 0 Å². The summed E-state index contributed by atoms with van der Waals surface area (Å²) in [5, 5.41) is 0.555. The van der Waals surface area contributed by atoms with Crippen molar-refractivity contribution in [1.82, 2.24) is 9.88 Å². The Morgan fingerprint density at radius 1 is 1.42 bits per heavy atom. The van der Waals surface area contributed by atoms with E-state index in [0.717, 1.165) is 28.2 Å². The van der Waals surface area contributed by atoms with Crippen LogP contribution >= 0.6 is 11.3 Å². The number of anilines is 1. The Balaban J connectivity index is 1.68. The van der Waals surface area contributed by atoms with Gasteiger partial charge in [-0.25, -0.2) is 4.98 Å². The second-order valence-electron chi connectivity index (χ2n) is 5.53. The van der Waals surface area contributed by atoms with Crippen LogP contribution in [-0.2, 0) is 0 Å². The Bertz CT molecular complexity index is 666. The van der Waals surface area contributed by atoms with Crippen LogP contribution in [0.25, 0.3) is 10.2 Å². The summed E-state index contributed by atoms with van der Waals surface area (Å²) in [4.78, 5) is 18.8. The smallest absolute Gasteiger partial charge is 0.254 e. The van der Waals surface area contributed by atoms with Gasteiger partial charge in [0.25, 0.3) is 5.91 Å². The van der Waals surface area contributed by atoms with E-state index < -0.39 is 0 Å². The van der Waals surface area contributed by atoms with Gasteiger partial charge in [-0.15, -0.1) is 0 Å². The molecular weight excluding hydrogens is 258 g/mol. The summed E-state index contributed by atoms with van der Waals surface area (Å²) in [7, 11) is 0. The lowest BCUT2D eigenvalue weighted by molar-refractivity contribution is 0.0704. The maximum absolute atomic E-state index is 12.6. The molecule has 4 rings (SSSR count). The molecule has 0 radical (unpaired) electrons. The lowest BCUT2D eigenvalue weighted by Crippen LogP contribution is -2.37. The van der Waals surface area contributed by atoms with Gasteiger partial charge < -0.3 is 10.6 Å². The summed E-state index contributed by atoms with van der Waals surface area (Å²) in [5.41, 5.74) is 7.34. The SMILES string of the molecule is Nc1nc2ccc(C(=O)N3CC4CCC3C4)cc2s1. The van der Waals surface area contributed by atoms with Gasteiger partial charge in [0, 0.05) is 18.2 Å². The molecule has 1 aliphatic heterocycles. The molecule has 1 aromatic heterocycles. The van der Waals surface area contributed by atoms with E-state index in [-0.39, 0.29) is 5.91 Å². The predicted octanol–water partition coefficient (Wildman–Crippen LogP) is 2.50. The highest BCUT2D eigenvalue weighted by Crippen LogP contribution is 2.38. The molecule has 0 spiro atoms. The Morgan fingerprint density at radius 3 is 3.05 bits per heavy atom. The van der Waals surface area contributed by atoms with Gasteiger partial charge in [0.15, 0.2) is 5.13 Å². The van der Waals surface area contributed by atoms with Crippen LogP contribution in [-0.4, -0.2) is 28.4 Å². The minimum absolute atomic E-state index is 0.168. The van der Waals surface area contributed by atoms with E-state index in [9.17, 15) is 4.79 Å². The van der Waals surface area contributed by atoms with Crippen molar-refractivity contribution in [2.75, 3.05) is 12.3 Å². The van der Waals surface area contributed by atoms with Crippen molar-refractivity contribution in [1.29, 1.82) is 0 Å². The number of nitrogens with zero attached hydrogens (tertiary/aromatic N) is 2. The molecule has 1 aromatic carbocycles. The number of aromatic nitrogens is 1. The summed E-state index contributed by atoms with van der Waals surface area (Å²) >= 11 is 1.44. The largest absolute Gasteiger partial charge is 0.375 e. The van der Waals surface area contributed by atoms with Crippen LogP contribution < -0.4 is 5.73 Å².